The Kier molecular flexibility index (Phi) is 4.40. The summed E-state index contributed by atoms with van der Waals surface area (Å²) in [5.41, 5.74) is 0.959. The molecule has 122 valence electrons. The number of rotatable bonds is 3. The fraction of sp³-hybridized carbons (Fsp3) is 0.778. The van der Waals surface area contributed by atoms with Crippen LogP contribution in [0, 0.1) is 5.92 Å². The van der Waals surface area contributed by atoms with Gasteiger partial charge in [-0.3, -0.25) is 0 Å². The molecule has 4 heteroatoms. The first-order chi connectivity index (χ1) is 10.5. The highest BCUT2D eigenvalue weighted by Crippen LogP contribution is 2.38. The maximum Gasteiger partial charge on any atom is 0.136 e. The van der Waals surface area contributed by atoms with Gasteiger partial charge in [0.1, 0.15) is 11.6 Å². The van der Waals surface area contributed by atoms with Crippen molar-refractivity contribution in [3.63, 3.8) is 0 Å². The molecule has 2 aliphatic rings. The van der Waals surface area contributed by atoms with E-state index in [-0.39, 0.29) is 5.41 Å². The molecule has 1 aliphatic carbocycles. The second-order valence-corrected chi connectivity index (χ2v) is 7.82. The van der Waals surface area contributed by atoms with Crippen LogP contribution in [0.15, 0.2) is 6.07 Å². The summed E-state index contributed by atoms with van der Waals surface area (Å²) in [4.78, 5) is 12.2. The topological polar surface area (TPSA) is 38.2 Å². The summed E-state index contributed by atoms with van der Waals surface area (Å²) in [5.74, 6) is 2.91. The summed E-state index contributed by atoms with van der Waals surface area (Å²) < 4.78 is 5.31. The van der Waals surface area contributed by atoms with E-state index >= 15 is 0 Å². The average Bonchev–Trinajstić information content (AvgIpc) is 2.90. The molecule has 0 bridgehead atoms. The van der Waals surface area contributed by atoms with Crippen molar-refractivity contribution >= 4 is 5.82 Å². The first-order valence-electron chi connectivity index (χ1n) is 8.63. The first-order valence-corrected chi connectivity index (χ1v) is 8.63. The van der Waals surface area contributed by atoms with Gasteiger partial charge in [0.2, 0.25) is 0 Å². The van der Waals surface area contributed by atoms with Crippen LogP contribution in [0.25, 0.3) is 0 Å². The SMILES string of the molecule is COCc1cc(N2CCC3CCCCC32)nc(C(C)(C)C)n1. The van der Waals surface area contributed by atoms with Gasteiger partial charge in [-0.05, 0) is 25.2 Å². The van der Waals surface area contributed by atoms with Gasteiger partial charge in [0.05, 0.1) is 12.3 Å². The van der Waals surface area contributed by atoms with Gasteiger partial charge < -0.3 is 9.64 Å². The molecule has 2 fully saturated rings. The molecular weight excluding hydrogens is 274 g/mol. The molecule has 22 heavy (non-hydrogen) atoms. The highest BCUT2D eigenvalue weighted by atomic mass is 16.5. The number of fused-ring (bicyclic) bond motifs is 1. The fourth-order valence-corrected chi connectivity index (χ4v) is 3.88. The van der Waals surface area contributed by atoms with Crippen molar-refractivity contribution in [2.75, 3.05) is 18.6 Å². The number of anilines is 1. The normalized spacial score (nSPS) is 25.4. The number of aromatic nitrogens is 2. The third-order valence-corrected chi connectivity index (χ3v) is 5.03. The summed E-state index contributed by atoms with van der Waals surface area (Å²) in [5, 5.41) is 0. The minimum Gasteiger partial charge on any atom is -0.378 e. The quantitative estimate of drug-likeness (QED) is 0.853. The zero-order chi connectivity index (χ0) is 15.7. The van der Waals surface area contributed by atoms with Gasteiger partial charge in [-0.15, -0.1) is 0 Å². The van der Waals surface area contributed by atoms with E-state index in [1.165, 1.54) is 32.1 Å². The zero-order valence-electron chi connectivity index (χ0n) is 14.4. The number of methoxy groups -OCH3 is 1. The lowest BCUT2D eigenvalue weighted by atomic mass is 9.85. The lowest BCUT2D eigenvalue weighted by Gasteiger charge is -2.33. The molecule has 4 nitrogen and oxygen atoms in total. The molecule has 1 aromatic rings. The van der Waals surface area contributed by atoms with E-state index in [4.69, 9.17) is 14.7 Å². The van der Waals surface area contributed by atoms with Crippen LogP contribution in [-0.2, 0) is 16.8 Å². The van der Waals surface area contributed by atoms with Gasteiger partial charge in [0, 0.05) is 31.2 Å². The van der Waals surface area contributed by atoms with Gasteiger partial charge in [-0.2, -0.15) is 0 Å². The summed E-state index contributed by atoms with van der Waals surface area (Å²) in [6.07, 6.45) is 6.79. The van der Waals surface area contributed by atoms with Crippen molar-refractivity contribution in [1.29, 1.82) is 0 Å². The Hall–Kier alpha value is -1.16. The van der Waals surface area contributed by atoms with Crippen molar-refractivity contribution in [3.8, 4) is 0 Å². The van der Waals surface area contributed by atoms with E-state index in [9.17, 15) is 0 Å². The molecule has 0 aromatic carbocycles. The largest absolute Gasteiger partial charge is 0.378 e. The predicted molar refractivity (Wildman–Crippen MR) is 89.2 cm³/mol. The molecule has 1 aliphatic heterocycles. The fourth-order valence-electron chi connectivity index (χ4n) is 3.88. The van der Waals surface area contributed by atoms with Gasteiger partial charge in [-0.1, -0.05) is 33.6 Å². The van der Waals surface area contributed by atoms with Crippen LogP contribution in [0.1, 0.15) is 64.4 Å². The van der Waals surface area contributed by atoms with Crippen molar-refractivity contribution in [3.05, 3.63) is 17.6 Å². The van der Waals surface area contributed by atoms with E-state index in [1.54, 1.807) is 7.11 Å². The molecule has 3 rings (SSSR count). The molecule has 2 atom stereocenters. The lowest BCUT2D eigenvalue weighted by molar-refractivity contribution is 0.181. The second kappa shape index (κ2) is 6.15. The molecule has 2 heterocycles. The van der Waals surface area contributed by atoms with Crippen molar-refractivity contribution in [1.82, 2.24) is 9.97 Å². The monoisotopic (exact) mass is 303 g/mol. The number of nitrogens with zero attached hydrogens (tertiary/aromatic N) is 3. The third kappa shape index (κ3) is 3.12. The highest BCUT2D eigenvalue weighted by Gasteiger charge is 2.36. The van der Waals surface area contributed by atoms with E-state index < -0.39 is 0 Å². The molecule has 0 spiro atoms. The Balaban J connectivity index is 1.93. The Morgan fingerprint density at radius 3 is 2.68 bits per heavy atom. The van der Waals surface area contributed by atoms with Crippen LogP contribution in [0.5, 0.6) is 0 Å². The molecule has 0 radical (unpaired) electrons. The molecule has 1 saturated heterocycles. The van der Waals surface area contributed by atoms with E-state index in [2.05, 4.69) is 31.7 Å². The Morgan fingerprint density at radius 1 is 1.18 bits per heavy atom. The minimum atomic E-state index is -0.0375. The molecule has 1 aromatic heterocycles. The van der Waals surface area contributed by atoms with Crippen molar-refractivity contribution in [2.45, 2.75) is 70.9 Å². The number of hydrogen-bond donors (Lipinski definition) is 0. The summed E-state index contributed by atoms with van der Waals surface area (Å²) in [7, 11) is 1.73. The maximum atomic E-state index is 5.31. The highest BCUT2D eigenvalue weighted by molar-refractivity contribution is 5.43. The van der Waals surface area contributed by atoms with Gasteiger partial charge >= 0.3 is 0 Å². The average molecular weight is 303 g/mol. The van der Waals surface area contributed by atoms with Crippen LogP contribution in [-0.4, -0.2) is 29.7 Å². The predicted octanol–water partition coefficient (Wildman–Crippen LogP) is 3.69. The van der Waals surface area contributed by atoms with E-state index in [1.807, 2.05) is 0 Å². The van der Waals surface area contributed by atoms with Crippen LogP contribution in [0.2, 0.25) is 0 Å². The molecular formula is C18H29N3O. The smallest absolute Gasteiger partial charge is 0.136 e. The van der Waals surface area contributed by atoms with Crippen LogP contribution < -0.4 is 4.90 Å². The standard InChI is InChI=1S/C18H29N3O/c1-18(2,3)17-19-14(12-22-4)11-16(20-17)21-10-9-13-7-5-6-8-15(13)21/h11,13,15H,5-10,12H2,1-4H3. The molecule has 0 N–H and O–H groups in total. The number of ether oxygens (including phenoxy) is 1. The summed E-state index contributed by atoms with van der Waals surface area (Å²) in [6, 6.07) is 2.82. The second-order valence-electron chi connectivity index (χ2n) is 7.82. The molecule has 0 amide bonds. The maximum absolute atomic E-state index is 5.31. The summed E-state index contributed by atoms with van der Waals surface area (Å²) >= 11 is 0. The van der Waals surface area contributed by atoms with Crippen LogP contribution in [0.4, 0.5) is 5.82 Å². The van der Waals surface area contributed by atoms with Crippen molar-refractivity contribution in [2.24, 2.45) is 5.92 Å². The third-order valence-electron chi connectivity index (χ3n) is 5.03. The van der Waals surface area contributed by atoms with E-state index in [0.29, 0.717) is 12.6 Å². The Morgan fingerprint density at radius 2 is 1.95 bits per heavy atom. The van der Waals surface area contributed by atoms with Crippen molar-refractivity contribution < 1.29 is 4.74 Å². The Bertz CT molecular complexity index is 524. The van der Waals surface area contributed by atoms with Crippen LogP contribution >= 0.6 is 0 Å². The number of hydrogen-bond acceptors (Lipinski definition) is 4. The van der Waals surface area contributed by atoms with Gasteiger partial charge in [-0.25, -0.2) is 9.97 Å². The Labute approximate surface area is 134 Å². The van der Waals surface area contributed by atoms with Gasteiger partial charge in [0.25, 0.3) is 0 Å². The first kappa shape index (κ1) is 15.7. The van der Waals surface area contributed by atoms with E-state index in [0.717, 1.165) is 29.8 Å². The minimum absolute atomic E-state index is 0.0375. The van der Waals surface area contributed by atoms with Crippen LogP contribution in [0.3, 0.4) is 0 Å². The summed E-state index contributed by atoms with van der Waals surface area (Å²) in [6.45, 7) is 8.23. The molecule has 1 saturated carbocycles. The zero-order valence-corrected chi connectivity index (χ0v) is 14.4. The van der Waals surface area contributed by atoms with Gasteiger partial charge in [0.15, 0.2) is 0 Å². The lowest BCUT2D eigenvalue weighted by Crippen LogP contribution is -2.36. The molecule has 2 unspecified atom stereocenters.